The van der Waals surface area contributed by atoms with Gasteiger partial charge in [0, 0.05) is 13.1 Å². The summed E-state index contributed by atoms with van der Waals surface area (Å²) in [4.78, 5) is 13.8. The molecule has 1 fully saturated rings. The van der Waals surface area contributed by atoms with Gasteiger partial charge in [-0.2, -0.15) is 13.2 Å². The van der Waals surface area contributed by atoms with Gasteiger partial charge in [-0.25, -0.2) is 4.79 Å². The lowest BCUT2D eigenvalue weighted by Gasteiger charge is -2.26. The lowest BCUT2D eigenvalue weighted by Crippen LogP contribution is -2.39. The van der Waals surface area contributed by atoms with Crippen LogP contribution in [-0.2, 0) is 6.18 Å². The number of piperidine rings is 1. The molecule has 1 aromatic heterocycles. The van der Waals surface area contributed by atoms with Gasteiger partial charge in [-0.3, -0.25) is 5.32 Å². The van der Waals surface area contributed by atoms with Crippen LogP contribution in [-0.4, -0.2) is 47.3 Å². The monoisotopic (exact) mass is 323 g/mol. The molecule has 0 spiro atoms. The van der Waals surface area contributed by atoms with Gasteiger partial charge in [0.1, 0.15) is 0 Å². The third kappa shape index (κ3) is 5.12. The lowest BCUT2D eigenvalue weighted by molar-refractivity contribution is -0.138. The van der Waals surface area contributed by atoms with Crippen LogP contribution in [0.2, 0.25) is 0 Å². The highest BCUT2D eigenvalue weighted by Gasteiger charge is 2.35. The number of alkyl halides is 3. The molecule has 0 atom stereocenters. The molecular weight excluding hydrogens is 307 g/mol. The van der Waals surface area contributed by atoms with E-state index in [9.17, 15) is 18.0 Å². The van der Waals surface area contributed by atoms with E-state index in [-0.39, 0.29) is 5.13 Å². The molecule has 10 heteroatoms. The first-order valence-corrected chi connectivity index (χ1v) is 7.45. The van der Waals surface area contributed by atoms with Gasteiger partial charge in [0.15, 0.2) is 0 Å². The normalized spacial score (nSPS) is 16.7. The van der Waals surface area contributed by atoms with Crippen LogP contribution in [0.15, 0.2) is 0 Å². The first-order valence-electron chi connectivity index (χ1n) is 6.63. The summed E-state index contributed by atoms with van der Waals surface area (Å²) in [5.74, 6) is 0. The predicted molar refractivity (Wildman–Crippen MR) is 72.2 cm³/mol. The van der Waals surface area contributed by atoms with Crippen LogP contribution in [0.5, 0.6) is 0 Å². The average Bonchev–Trinajstić information content (AvgIpc) is 2.88. The summed E-state index contributed by atoms with van der Waals surface area (Å²) in [5.41, 5.74) is 0. The molecular formula is C11H16F3N5OS. The number of hydrogen-bond acceptors (Lipinski definition) is 5. The molecule has 2 heterocycles. The molecule has 0 aromatic carbocycles. The van der Waals surface area contributed by atoms with Crippen LogP contribution in [0.4, 0.5) is 23.1 Å². The number of carbonyl (C=O) groups is 1. The Bertz CT molecular complexity index is 473. The Morgan fingerprint density at radius 1 is 1.24 bits per heavy atom. The fourth-order valence-electron chi connectivity index (χ4n) is 2.04. The summed E-state index contributed by atoms with van der Waals surface area (Å²) in [7, 11) is 0. The van der Waals surface area contributed by atoms with Crippen LogP contribution < -0.4 is 10.6 Å². The maximum atomic E-state index is 12.3. The molecule has 2 N–H and O–H groups in total. The van der Waals surface area contributed by atoms with Crippen LogP contribution in [0.3, 0.4) is 0 Å². The minimum Gasteiger partial charge on any atom is -0.337 e. The van der Waals surface area contributed by atoms with Crippen molar-refractivity contribution < 1.29 is 18.0 Å². The number of rotatable bonds is 4. The number of halogens is 3. The van der Waals surface area contributed by atoms with E-state index in [0.717, 1.165) is 32.5 Å². The number of amides is 2. The van der Waals surface area contributed by atoms with E-state index in [1.807, 2.05) is 0 Å². The van der Waals surface area contributed by atoms with Crippen molar-refractivity contribution >= 4 is 22.5 Å². The van der Waals surface area contributed by atoms with E-state index in [1.165, 1.54) is 6.42 Å². The number of likely N-dealkylation sites (tertiary alicyclic amines) is 1. The average molecular weight is 323 g/mol. The van der Waals surface area contributed by atoms with E-state index >= 15 is 0 Å². The zero-order valence-electron chi connectivity index (χ0n) is 11.2. The maximum Gasteiger partial charge on any atom is 0.445 e. The largest absolute Gasteiger partial charge is 0.445 e. The molecule has 1 saturated heterocycles. The summed E-state index contributed by atoms with van der Waals surface area (Å²) in [5, 5.41) is 9.87. The molecule has 0 aliphatic carbocycles. The summed E-state index contributed by atoms with van der Waals surface area (Å²) in [6, 6.07) is -0.572. The van der Waals surface area contributed by atoms with E-state index in [0.29, 0.717) is 17.9 Å². The number of carbonyl (C=O) groups excluding carboxylic acids is 1. The highest BCUT2D eigenvalue weighted by Crippen LogP contribution is 2.32. The smallest absolute Gasteiger partial charge is 0.337 e. The Labute approximate surface area is 123 Å². The van der Waals surface area contributed by atoms with Gasteiger partial charge in [0.05, 0.1) is 0 Å². The number of anilines is 1. The molecule has 21 heavy (non-hydrogen) atoms. The first kappa shape index (κ1) is 16.0. The maximum absolute atomic E-state index is 12.3. The Balaban J connectivity index is 1.70. The van der Waals surface area contributed by atoms with Crippen molar-refractivity contribution in [1.29, 1.82) is 0 Å². The second-order valence-electron chi connectivity index (χ2n) is 4.69. The van der Waals surface area contributed by atoms with Crippen LogP contribution in [0.25, 0.3) is 0 Å². The number of urea groups is 1. The lowest BCUT2D eigenvalue weighted by atomic mass is 10.1. The van der Waals surface area contributed by atoms with Gasteiger partial charge >= 0.3 is 12.2 Å². The molecule has 2 amide bonds. The summed E-state index contributed by atoms with van der Waals surface area (Å²) in [6.07, 6.45) is -0.972. The SMILES string of the molecule is O=C(NCCN1CCCCC1)Nc1nnc(C(F)(F)F)s1. The first-order chi connectivity index (χ1) is 9.95. The van der Waals surface area contributed by atoms with E-state index in [1.54, 1.807) is 0 Å². The second-order valence-corrected chi connectivity index (χ2v) is 5.67. The quantitative estimate of drug-likeness (QED) is 0.891. The summed E-state index contributed by atoms with van der Waals surface area (Å²) < 4.78 is 37.0. The molecule has 1 aliphatic heterocycles. The third-order valence-electron chi connectivity index (χ3n) is 3.05. The molecule has 0 radical (unpaired) electrons. The summed E-state index contributed by atoms with van der Waals surface area (Å²) in [6.45, 7) is 3.22. The van der Waals surface area contributed by atoms with Crippen LogP contribution >= 0.6 is 11.3 Å². The molecule has 1 aliphatic rings. The molecule has 2 rings (SSSR count). The van der Waals surface area contributed by atoms with Crippen molar-refractivity contribution in [3.05, 3.63) is 5.01 Å². The fraction of sp³-hybridized carbons (Fsp3) is 0.727. The minimum absolute atomic E-state index is 0.169. The van der Waals surface area contributed by atoms with Crippen molar-refractivity contribution in [2.45, 2.75) is 25.4 Å². The van der Waals surface area contributed by atoms with Gasteiger partial charge in [0.25, 0.3) is 0 Å². The second kappa shape index (κ2) is 7.03. The number of nitrogens with zero attached hydrogens (tertiary/aromatic N) is 3. The van der Waals surface area contributed by atoms with Gasteiger partial charge < -0.3 is 10.2 Å². The van der Waals surface area contributed by atoms with Crippen molar-refractivity contribution in [3.8, 4) is 0 Å². The molecule has 1 aromatic rings. The van der Waals surface area contributed by atoms with E-state index < -0.39 is 17.2 Å². The molecule has 0 unspecified atom stereocenters. The van der Waals surface area contributed by atoms with Crippen molar-refractivity contribution in [1.82, 2.24) is 20.4 Å². The molecule has 0 saturated carbocycles. The third-order valence-corrected chi connectivity index (χ3v) is 3.93. The zero-order chi connectivity index (χ0) is 15.3. The molecule has 0 bridgehead atoms. The molecule has 118 valence electrons. The van der Waals surface area contributed by atoms with Crippen molar-refractivity contribution in [2.75, 3.05) is 31.5 Å². The van der Waals surface area contributed by atoms with Crippen LogP contribution in [0, 0.1) is 0 Å². The number of hydrogen-bond donors (Lipinski definition) is 2. The van der Waals surface area contributed by atoms with E-state index in [2.05, 4.69) is 25.7 Å². The van der Waals surface area contributed by atoms with Gasteiger partial charge in [-0.05, 0) is 25.9 Å². The highest BCUT2D eigenvalue weighted by molar-refractivity contribution is 7.15. The highest BCUT2D eigenvalue weighted by atomic mass is 32.1. The Hall–Kier alpha value is -1.42. The van der Waals surface area contributed by atoms with Crippen molar-refractivity contribution in [2.24, 2.45) is 0 Å². The van der Waals surface area contributed by atoms with E-state index in [4.69, 9.17) is 0 Å². The zero-order valence-corrected chi connectivity index (χ0v) is 12.1. The van der Waals surface area contributed by atoms with Crippen molar-refractivity contribution in [3.63, 3.8) is 0 Å². The predicted octanol–water partition coefficient (Wildman–Crippen LogP) is 2.16. The van der Waals surface area contributed by atoms with Gasteiger partial charge in [0.2, 0.25) is 10.1 Å². The molecule has 6 nitrogen and oxygen atoms in total. The Morgan fingerprint density at radius 2 is 1.95 bits per heavy atom. The number of aromatic nitrogens is 2. The standard InChI is InChI=1S/C11H16F3N5OS/c12-11(13,14)8-17-18-10(21-8)16-9(20)15-4-7-19-5-2-1-3-6-19/h1-7H2,(H2,15,16,18,20). The number of nitrogens with one attached hydrogen (secondary N) is 2. The minimum atomic E-state index is -4.54. The van der Waals surface area contributed by atoms with Gasteiger partial charge in [-0.1, -0.05) is 17.8 Å². The Kier molecular flexibility index (Phi) is 5.34. The summed E-state index contributed by atoms with van der Waals surface area (Å²) >= 11 is 0.300. The topological polar surface area (TPSA) is 70.2 Å². The van der Waals surface area contributed by atoms with Gasteiger partial charge in [-0.15, -0.1) is 10.2 Å². The fourth-order valence-corrected chi connectivity index (χ4v) is 2.65. The Morgan fingerprint density at radius 3 is 2.57 bits per heavy atom. The van der Waals surface area contributed by atoms with Crippen LogP contribution in [0.1, 0.15) is 24.3 Å².